The highest BCUT2D eigenvalue weighted by Gasteiger charge is 2.31. The van der Waals surface area contributed by atoms with Crippen LogP contribution in [0.2, 0.25) is 0 Å². The number of benzene rings is 2. The average Bonchev–Trinajstić information content (AvgIpc) is 3.20. The van der Waals surface area contributed by atoms with Crippen molar-refractivity contribution >= 4 is 50.2 Å². The maximum absolute atomic E-state index is 13.6. The van der Waals surface area contributed by atoms with Crippen molar-refractivity contribution in [3.8, 4) is 11.5 Å². The van der Waals surface area contributed by atoms with Crippen molar-refractivity contribution in [1.29, 1.82) is 0 Å². The fourth-order valence-electron chi connectivity index (χ4n) is 4.41. The maximum atomic E-state index is 13.6. The summed E-state index contributed by atoms with van der Waals surface area (Å²) in [5, 5.41) is 5.24. The molecule has 11 heteroatoms. The molecule has 0 aliphatic carbocycles. The van der Waals surface area contributed by atoms with Gasteiger partial charge >= 0.3 is 0 Å². The van der Waals surface area contributed by atoms with Crippen LogP contribution in [0.4, 0.5) is 5.69 Å². The van der Waals surface area contributed by atoms with Crippen LogP contribution in [0.5, 0.6) is 0 Å². The Kier molecular flexibility index (Phi) is 6.46. The molecule has 1 fully saturated rings. The molecular formula is C26H22BrN5O5. The van der Waals surface area contributed by atoms with E-state index in [1.165, 1.54) is 4.57 Å². The Labute approximate surface area is 219 Å². The van der Waals surface area contributed by atoms with Gasteiger partial charge in [0.05, 0.1) is 28.7 Å². The number of amides is 3. The van der Waals surface area contributed by atoms with E-state index in [4.69, 9.17) is 4.42 Å². The number of imide groups is 1. The van der Waals surface area contributed by atoms with Crippen LogP contribution in [0.25, 0.3) is 22.4 Å². The molecule has 188 valence electrons. The second kappa shape index (κ2) is 9.74. The molecule has 2 N–H and O–H groups in total. The molecule has 2 aromatic carbocycles. The fourth-order valence-corrected chi connectivity index (χ4v) is 4.67. The number of fused-ring (bicyclic) bond motifs is 1. The van der Waals surface area contributed by atoms with E-state index < -0.39 is 23.4 Å². The van der Waals surface area contributed by atoms with Gasteiger partial charge in [0.2, 0.25) is 23.6 Å². The Bertz CT molecular complexity index is 1620. The molecule has 0 spiro atoms. The summed E-state index contributed by atoms with van der Waals surface area (Å²) >= 11 is 3.39. The van der Waals surface area contributed by atoms with Crippen LogP contribution in [0.3, 0.4) is 0 Å². The first-order chi connectivity index (χ1) is 17.7. The second-order valence-electron chi connectivity index (χ2n) is 8.75. The smallest absolute Gasteiger partial charge is 0.264 e. The van der Waals surface area contributed by atoms with Crippen molar-refractivity contribution in [2.45, 2.75) is 39.2 Å². The van der Waals surface area contributed by atoms with Crippen LogP contribution in [-0.2, 0) is 20.8 Å². The number of aromatic nitrogens is 3. The molecule has 0 bridgehead atoms. The van der Waals surface area contributed by atoms with Crippen LogP contribution in [0.15, 0.2) is 56.1 Å². The third kappa shape index (κ3) is 4.82. The third-order valence-electron chi connectivity index (χ3n) is 6.21. The Hall–Kier alpha value is -4.12. The first-order valence-electron chi connectivity index (χ1n) is 11.6. The van der Waals surface area contributed by atoms with E-state index in [-0.39, 0.29) is 36.2 Å². The molecule has 0 radical (unpaired) electrons. The highest BCUT2D eigenvalue weighted by Crippen LogP contribution is 2.26. The normalized spacial score (nSPS) is 15.6. The van der Waals surface area contributed by atoms with Gasteiger partial charge in [-0.3, -0.25) is 29.1 Å². The van der Waals surface area contributed by atoms with E-state index in [0.717, 1.165) is 10.0 Å². The van der Waals surface area contributed by atoms with Crippen LogP contribution in [0, 0.1) is 13.8 Å². The lowest BCUT2D eigenvalue weighted by Gasteiger charge is -2.24. The van der Waals surface area contributed by atoms with Crippen molar-refractivity contribution in [3.05, 3.63) is 74.6 Å². The lowest BCUT2D eigenvalue weighted by Crippen LogP contribution is -2.45. The molecule has 10 nitrogen and oxygen atoms in total. The van der Waals surface area contributed by atoms with Crippen LogP contribution in [-0.4, -0.2) is 32.3 Å². The number of anilines is 1. The monoisotopic (exact) mass is 563 g/mol. The van der Waals surface area contributed by atoms with Gasteiger partial charge in [-0.15, -0.1) is 0 Å². The molecule has 0 saturated carbocycles. The SMILES string of the molecule is Cc1oc(-c2ccc(Br)cc2)nc1CC(=O)Nc1cccc2nc(C)n(C3CCC(=O)NC3=O)c(=O)c12. The summed E-state index contributed by atoms with van der Waals surface area (Å²) in [6.45, 7) is 3.37. The summed E-state index contributed by atoms with van der Waals surface area (Å²) in [6.07, 6.45) is 0.250. The van der Waals surface area contributed by atoms with Crippen molar-refractivity contribution in [1.82, 2.24) is 19.9 Å². The average molecular weight is 564 g/mol. The van der Waals surface area contributed by atoms with E-state index >= 15 is 0 Å². The summed E-state index contributed by atoms with van der Waals surface area (Å²) in [6, 6.07) is 11.6. The van der Waals surface area contributed by atoms with Gasteiger partial charge in [0.1, 0.15) is 17.6 Å². The van der Waals surface area contributed by atoms with Gasteiger partial charge in [-0.1, -0.05) is 22.0 Å². The number of piperidine rings is 1. The molecule has 1 saturated heterocycles. The van der Waals surface area contributed by atoms with E-state index in [9.17, 15) is 19.2 Å². The quantitative estimate of drug-likeness (QED) is 0.354. The number of carbonyl (C=O) groups is 3. The van der Waals surface area contributed by atoms with Gasteiger partial charge in [-0.25, -0.2) is 9.97 Å². The number of rotatable bonds is 5. The molecule has 1 atom stereocenters. The minimum atomic E-state index is -0.860. The summed E-state index contributed by atoms with van der Waals surface area (Å²) in [4.78, 5) is 59.6. The second-order valence-corrected chi connectivity index (χ2v) is 9.67. The van der Waals surface area contributed by atoms with Crippen molar-refractivity contribution < 1.29 is 18.8 Å². The molecule has 1 aliphatic heterocycles. The van der Waals surface area contributed by atoms with E-state index in [2.05, 4.69) is 36.5 Å². The lowest BCUT2D eigenvalue weighted by molar-refractivity contribution is -0.135. The number of halogens is 1. The predicted octanol–water partition coefficient (Wildman–Crippen LogP) is 3.59. The molecule has 37 heavy (non-hydrogen) atoms. The minimum Gasteiger partial charge on any atom is -0.441 e. The molecule has 5 rings (SSSR count). The molecule has 3 heterocycles. The predicted molar refractivity (Wildman–Crippen MR) is 139 cm³/mol. The molecule has 3 amide bonds. The highest BCUT2D eigenvalue weighted by atomic mass is 79.9. The Morgan fingerprint density at radius 2 is 1.89 bits per heavy atom. The van der Waals surface area contributed by atoms with Crippen LogP contribution < -0.4 is 16.2 Å². The zero-order chi connectivity index (χ0) is 26.3. The Balaban J connectivity index is 1.44. The van der Waals surface area contributed by atoms with Gasteiger partial charge in [0.25, 0.3) is 5.56 Å². The number of nitrogens with one attached hydrogen (secondary N) is 2. The number of hydrogen-bond donors (Lipinski definition) is 2. The zero-order valence-electron chi connectivity index (χ0n) is 20.0. The lowest BCUT2D eigenvalue weighted by atomic mass is 10.1. The number of nitrogens with zero attached hydrogens (tertiary/aromatic N) is 3. The largest absolute Gasteiger partial charge is 0.441 e. The molecule has 4 aromatic rings. The first kappa shape index (κ1) is 24.6. The fraction of sp³-hybridized carbons (Fsp3) is 0.231. The van der Waals surface area contributed by atoms with Gasteiger partial charge in [0.15, 0.2) is 0 Å². The molecule has 1 unspecified atom stereocenters. The van der Waals surface area contributed by atoms with Crippen molar-refractivity contribution in [2.24, 2.45) is 0 Å². The summed E-state index contributed by atoms with van der Waals surface area (Å²) in [5.74, 6) is -0.0477. The minimum absolute atomic E-state index is 0.0666. The van der Waals surface area contributed by atoms with Crippen LogP contribution in [0.1, 0.15) is 36.2 Å². The maximum Gasteiger partial charge on any atom is 0.264 e. The van der Waals surface area contributed by atoms with E-state index in [1.54, 1.807) is 32.0 Å². The molecule has 2 aromatic heterocycles. The van der Waals surface area contributed by atoms with Gasteiger partial charge in [-0.2, -0.15) is 0 Å². The van der Waals surface area contributed by atoms with Gasteiger partial charge in [-0.05, 0) is 56.7 Å². The van der Waals surface area contributed by atoms with Crippen molar-refractivity contribution in [2.75, 3.05) is 5.32 Å². The highest BCUT2D eigenvalue weighted by molar-refractivity contribution is 9.10. The van der Waals surface area contributed by atoms with E-state index in [0.29, 0.717) is 28.7 Å². The number of oxazole rings is 1. The van der Waals surface area contributed by atoms with Crippen molar-refractivity contribution in [3.63, 3.8) is 0 Å². The van der Waals surface area contributed by atoms with E-state index in [1.807, 2.05) is 24.3 Å². The Morgan fingerprint density at radius 1 is 1.14 bits per heavy atom. The molecule has 1 aliphatic rings. The standard InChI is InChI=1S/C26H22BrN5O5/c1-13-19(30-25(37-13)15-6-8-16(27)9-7-15)12-22(34)29-18-5-3-4-17-23(18)26(36)32(14(2)28-17)20-10-11-21(33)31-24(20)35/h3-9,20H,10-12H2,1-2H3,(H,29,34)(H,31,33,35). The summed E-state index contributed by atoms with van der Waals surface area (Å²) < 4.78 is 7.97. The zero-order valence-corrected chi connectivity index (χ0v) is 21.6. The number of hydrogen-bond acceptors (Lipinski definition) is 7. The van der Waals surface area contributed by atoms with Gasteiger partial charge in [0, 0.05) is 16.5 Å². The molecular weight excluding hydrogens is 542 g/mol. The number of aryl methyl sites for hydroxylation is 2. The topological polar surface area (TPSA) is 136 Å². The Morgan fingerprint density at radius 3 is 2.62 bits per heavy atom. The summed E-state index contributed by atoms with van der Waals surface area (Å²) in [7, 11) is 0. The third-order valence-corrected chi connectivity index (χ3v) is 6.74. The summed E-state index contributed by atoms with van der Waals surface area (Å²) in [5.41, 5.74) is 1.45. The van der Waals surface area contributed by atoms with Gasteiger partial charge < -0.3 is 9.73 Å². The number of carbonyl (C=O) groups excluding carboxylic acids is 3. The first-order valence-corrected chi connectivity index (χ1v) is 12.4. The van der Waals surface area contributed by atoms with Crippen LogP contribution >= 0.6 is 15.9 Å².